The molecule has 1 amide bonds. The third kappa shape index (κ3) is 3.42. The molecule has 3 aromatic carbocycles. The molecular formula is C25H22N2O2. The molecule has 29 heavy (non-hydrogen) atoms. The van der Waals surface area contributed by atoms with Gasteiger partial charge in [0, 0.05) is 29.5 Å². The molecule has 0 saturated heterocycles. The van der Waals surface area contributed by atoms with E-state index in [4.69, 9.17) is 4.42 Å². The first-order valence-corrected chi connectivity index (χ1v) is 10.0. The summed E-state index contributed by atoms with van der Waals surface area (Å²) in [5.74, 6) is 1.28. The van der Waals surface area contributed by atoms with Crippen molar-refractivity contribution in [1.29, 1.82) is 0 Å². The summed E-state index contributed by atoms with van der Waals surface area (Å²) in [6.45, 7) is 2.05. The predicted octanol–water partition coefficient (Wildman–Crippen LogP) is 5.47. The maximum atomic E-state index is 12.5. The Bertz CT molecular complexity index is 1200. The van der Waals surface area contributed by atoms with E-state index in [9.17, 15) is 4.79 Å². The van der Waals surface area contributed by atoms with E-state index in [1.54, 1.807) is 6.20 Å². The van der Waals surface area contributed by atoms with Crippen LogP contribution in [0.3, 0.4) is 0 Å². The van der Waals surface area contributed by atoms with Crippen LogP contribution in [0.25, 0.3) is 22.1 Å². The topological polar surface area (TPSA) is 55.1 Å². The van der Waals surface area contributed by atoms with Crippen molar-refractivity contribution in [3.05, 3.63) is 83.4 Å². The summed E-state index contributed by atoms with van der Waals surface area (Å²) in [5, 5.41) is 5.51. The van der Waals surface area contributed by atoms with Gasteiger partial charge in [0.05, 0.1) is 6.20 Å². The maximum absolute atomic E-state index is 12.5. The van der Waals surface area contributed by atoms with Crippen molar-refractivity contribution in [3.8, 4) is 11.3 Å². The summed E-state index contributed by atoms with van der Waals surface area (Å²) in [5.41, 5.74) is 5.82. The normalized spacial score (nSPS) is 12.4. The van der Waals surface area contributed by atoms with Crippen molar-refractivity contribution in [2.45, 2.75) is 32.6 Å². The first-order chi connectivity index (χ1) is 14.2. The molecule has 5 rings (SSSR count). The minimum absolute atomic E-state index is 0.0289. The van der Waals surface area contributed by atoms with Gasteiger partial charge in [-0.15, -0.1) is 0 Å². The van der Waals surface area contributed by atoms with Gasteiger partial charge in [0.2, 0.25) is 5.91 Å². The fourth-order valence-electron chi connectivity index (χ4n) is 4.07. The van der Waals surface area contributed by atoms with Gasteiger partial charge in [-0.3, -0.25) is 4.79 Å². The number of aryl methyl sites for hydroxylation is 4. The highest BCUT2D eigenvalue weighted by atomic mass is 16.4. The zero-order valence-corrected chi connectivity index (χ0v) is 16.4. The molecule has 1 aromatic heterocycles. The van der Waals surface area contributed by atoms with E-state index in [2.05, 4.69) is 41.5 Å². The van der Waals surface area contributed by atoms with Gasteiger partial charge in [-0.05, 0) is 42.3 Å². The van der Waals surface area contributed by atoms with Crippen LogP contribution in [0.5, 0.6) is 0 Å². The van der Waals surface area contributed by atoms with Crippen LogP contribution in [0.15, 0.2) is 65.2 Å². The molecule has 0 bridgehead atoms. The lowest BCUT2D eigenvalue weighted by atomic mass is 10.0. The molecule has 0 unspecified atom stereocenters. The molecule has 1 aliphatic rings. The SMILES string of the molecule is Cc1ccc(-c2cnc(CCC(=O)Nc3ccc4c5c(cccc35)CC4)o2)cc1. The van der Waals surface area contributed by atoms with Gasteiger partial charge in [-0.25, -0.2) is 4.98 Å². The third-order valence-electron chi connectivity index (χ3n) is 5.61. The molecule has 0 aliphatic heterocycles. The van der Waals surface area contributed by atoms with Gasteiger partial charge in [-0.2, -0.15) is 0 Å². The van der Waals surface area contributed by atoms with Crippen LogP contribution in [0.2, 0.25) is 0 Å². The van der Waals surface area contributed by atoms with Crippen LogP contribution < -0.4 is 5.32 Å². The largest absolute Gasteiger partial charge is 0.441 e. The molecule has 4 aromatic rings. The standard InChI is InChI=1S/C25H22N2O2/c1-16-5-7-17(8-6-16)22-15-26-24(29-22)14-13-23(28)27-21-12-11-19-10-9-18-3-2-4-20(21)25(18)19/h2-8,11-12,15H,9-10,13-14H2,1H3,(H,27,28). The molecule has 0 fully saturated rings. The van der Waals surface area contributed by atoms with Gasteiger partial charge >= 0.3 is 0 Å². The lowest BCUT2D eigenvalue weighted by molar-refractivity contribution is -0.116. The molecule has 1 N–H and O–H groups in total. The second kappa shape index (κ2) is 7.21. The molecule has 4 nitrogen and oxygen atoms in total. The van der Waals surface area contributed by atoms with Gasteiger partial charge in [-0.1, -0.05) is 54.1 Å². The van der Waals surface area contributed by atoms with E-state index in [0.29, 0.717) is 18.7 Å². The molecule has 1 heterocycles. The Labute approximate surface area is 169 Å². The molecule has 0 radical (unpaired) electrons. The first kappa shape index (κ1) is 17.7. The summed E-state index contributed by atoms with van der Waals surface area (Å²) >= 11 is 0. The molecule has 4 heteroatoms. The van der Waals surface area contributed by atoms with Gasteiger partial charge < -0.3 is 9.73 Å². The molecule has 1 aliphatic carbocycles. The van der Waals surface area contributed by atoms with Crippen molar-refractivity contribution in [2.75, 3.05) is 5.32 Å². The number of carbonyl (C=O) groups excluding carboxylic acids is 1. The fraction of sp³-hybridized carbons (Fsp3) is 0.200. The number of rotatable bonds is 5. The molecule has 0 saturated carbocycles. The van der Waals surface area contributed by atoms with E-state index in [-0.39, 0.29) is 5.91 Å². The number of amides is 1. The number of anilines is 1. The predicted molar refractivity (Wildman–Crippen MR) is 115 cm³/mol. The van der Waals surface area contributed by atoms with E-state index in [1.807, 2.05) is 30.3 Å². The molecule has 0 atom stereocenters. The lowest BCUT2D eigenvalue weighted by Crippen LogP contribution is -2.12. The quantitative estimate of drug-likeness (QED) is 0.498. The minimum atomic E-state index is -0.0289. The second-order valence-corrected chi connectivity index (χ2v) is 7.64. The van der Waals surface area contributed by atoms with Crippen LogP contribution in [-0.4, -0.2) is 10.9 Å². The Morgan fingerprint density at radius 1 is 1.03 bits per heavy atom. The minimum Gasteiger partial charge on any atom is -0.441 e. The van der Waals surface area contributed by atoms with Gasteiger partial charge in [0.1, 0.15) is 0 Å². The average Bonchev–Trinajstić information content (AvgIpc) is 3.37. The van der Waals surface area contributed by atoms with Crippen LogP contribution in [-0.2, 0) is 24.1 Å². The summed E-state index contributed by atoms with van der Waals surface area (Å²) in [6.07, 6.45) is 4.69. The fourth-order valence-corrected chi connectivity index (χ4v) is 4.07. The monoisotopic (exact) mass is 382 g/mol. The van der Waals surface area contributed by atoms with Gasteiger partial charge in [0.15, 0.2) is 11.7 Å². The number of aromatic nitrogens is 1. The first-order valence-electron chi connectivity index (χ1n) is 10.0. The smallest absolute Gasteiger partial charge is 0.224 e. The second-order valence-electron chi connectivity index (χ2n) is 7.64. The Hall–Kier alpha value is -3.40. The van der Waals surface area contributed by atoms with E-state index in [0.717, 1.165) is 35.2 Å². The Kier molecular flexibility index (Phi) is 4.39. The van der Waals surface area contributed by atoms with Crippen LogP contribution >= 0.6 is 0 Å². The Morgan fingerprint density at radius 3 is 2.66 bits per heavy atom. The summed E-state index contributed by atoms with van der Waals surface area (Å²) < 4.78 is 5.83. The summed E-state index contributed by atoms with van der Waals surface area (Å²) in [7, 11) is 0. The lowest BCUT2D eigenvalue weighted by Gasteiger charge is -2.10. The van der Waals surface area contributed by atoms with Crippen molar-refractivity contribution < 1.29 is 9.21 Å². The zero-order valence-electron chi connectivity index (χ0n) is 16.4. The van der Waals surface area contributed by atoms with Crippen LogP contribution in [0.1, 0.15) is 29.0 Å². The maximum Gasteiger partial charge on any atom is 0.224 e. The highest BCUT2D eigenvalue weighted by Crippen LogP contribution is 2.35. The highest BCUT2D eigenvalue weighted by Gasteiger charge is 2.17. The summed E-state index contributed by atoms with van der Waals surface area (Å²) in [6, 6.07) is 18.6. The van der Waals surface area contributed by atoms with Crippen LogP contribution in [0, 0.1) is 6.92 Å². The third-order valence-corrected chi connectivity index (χ3v) is 5.61. The number of nitrogens with zero attached hydrogens (tertiary/aromatic N) is 1. The number of carbonyl (C=O) groups is 1. The van der Waals surface area contributed by atoms with Crippen molar-refractivity contribution >= 4 is 22.4 Å². The number of nitrogens with one attached hydrogen (secondary N) is 1. The van der Waals surface area contributed by atoms with E-state index in [1.165, 1.54) is 22.1 Å². The Morgan fingerprint density at radius 2 is 1.83 bits per heavy atom. The zero-order chi connectivity index (χ0) is 19.8. The highest BCUT2D eigenvalue weighted by molar-refractivity contribution is 6.05. The average molecular weight is 382 g/mol. The molecular weight excluding hydrogens is 360 g/mol. The number of hydrogen-bond acceptors (Lipinski definition) is 3. The number of benzene rings is 3. The molecule has 0 spiro atoms. The van der Waals surface area contributed by atoms with E-state index < -0.39 is 0 Å². The van der Waals surface area contributed by atoms with Crippen molar-refractivity contribution in [1.82, 2.24) is 4.98 Å². The molecule has 144 valence electrons. The van der Waals surface area contributed by atoms with Gasteiger partial charge in [0.25, 0.3) is 0 Å². The van der Waals surface area contributed by atoms with Crippen molar-refractivity contribution in [2.24, 2.45) is 0 Å². The van der Waals surface area contributed by atoms with Crippen LogP contribution in [0.4, 0.5) is 5.69 Å². The number of oxazole rings is 1. The summed E-state index contributed by atoms with van der Waals surface area (Å²) in [4.78, 5) is 16.9. The Balaban J connectivity index is 1.27. The number of hydrogen-bond donors (Lipinski definition) is 1. The van der Waals surface area contributed by atoms with Crippen molar-refractivity contribution in [3.63, 3.8) is 0 Å². The van der Waals surface area contributed by atoms with E-state index >= 15 is 0 Å².